The third-order valence-corrected chi connectivity index (χ3v) is 5.76. The van der Waals surface area contributed by atoms with Gasteiger partial charge in [-0.3, -0.25) is 4.79 Å². The molecule has 0 aliphatic carbocycles. The summed E-state index contributed by atoms with van der Waals surface area (Å²) in [5.74, 6) is -0.324. The summed E-state index contributed by atoms with van der Waals surface area (Å²) >= 11 is 0. The molecule has 4 rings (SSSR count). The van der Waals surface area contributed by atoms with Gasteiger partial charge < -0.3 is 14.6 Å². The summed E-state index contributed by atoms with van der Waals surface area (Å²) in [5, 5.41) is 13.5. The van der Waals surface area contributed by atoms with Crippen LogP contribution in [-0.4, -0.2) is 46.3 Å². The van der Waals surface area contributed by atoms with Crippen molar-refractivity contribution in [3.63, 3.8) is 0 Å². The highest BCUT2D eigenvalue weighted by atomic mass is 16.6. The van der Waals surface area contributed by atoms with E-state index in [1.54, 1.807) is 55.6 Å². The molecule has 7 nitrogen and oxygen atoms in total. The predicted molar refractivity (Wildman–Crippen MR) is 122 cm³/mol. The minimum atomic E-state index is -1.37. The second kappa shape index (κ2) is 9.85. The van der Waals surface area contributed by atoms with Crippen LogP contribution >= 0.6 is 0 Å². The maximum absolute atomic E-state index is 13.6. The highest BCUT2D eigenvalue weighted by Gasteiger charge is 2.46. The van der Waals surface area contributed by atoms with Crippen LogP contribution in [0.15, 0.2) is 91.0 Å². The van der Waals surface area contributed by atoms with Gasteiger partial charge in [0.15, 0.2) is 0 Å². The molecule has 2 amide bonds. The van der Waals surface area contributed by atoms with Gasteiger partial charge in [0.2, 0.25) is 6.10 Å². The molecule has 0 radical (unpaired) electrons. The van der Waals surface area contributed by atoms with Crippen LogP contribution in [-0.2, 0) is 9.53 Å². The number of aliphatic hydroxyl groups excluding tert-OH is 1. The van der Waals surface area contributed by atoms with Crippen molar-refractivity contribution in [3.8, 4) is 5.75 Å². The van der Waals surface area contributed by atoms with Gasteiger partial charge >= 0.3 is 6.09 Å². The summed E-state index contributed by atoms with van der Waals surface area (Å²) in [7, 11) is 1.65. The molecule has 0 bridgehead atoms. The Morgan fingerprint density at radius 1 is 0.939 bits per heavy atom. The molecule has 1 saturated heterocycles. The van der Waals surface area contributed by atoms with Crippen molar-refractivity contribution in [2.75, 3.05) is 7.05 Å². The number of hydrogen-bond donors (Lipinski definition) is 1. The van der Waals surface area contributed by atoms with Crippen LogP contribution in [0.2, 0.25) is 0 Å². The minimum absolute atomic E-state index is 0.333. The van der Waals surface area contributed by atoms with Gasteiger partial charge in [0.1, 0.15) is 18.0 Å². The van der Waals surface area contributed by atoms with Gasteiger partial charge in [-0.2, -0.15) is 5.01 Å². The molecule has 33 heavy (non-hydrogen) atoms. The van der Waals surface area contributed by atoms with Crippen LogP contribution in [0.1, 0.15) is 30.3 Å². The normalized spacial score (nSPS) is 20.6. The van der Waals surface area contributed by atoms with Gasteiger partial charge in [0.05, 0.1) is 6.04 Å². The number of carbonyl (C=O) groups is 2. The summed E-state index contributed by atoms with van der Waals surface area (Å²) in [4.78, 5) is 26.6. The summed E-state index contributed by atoms with van der Waals surface area (Å²) < 4.78 is 11.6. The maximum atomic E-state index is 13.6. The molecule has 0 aromatic heterocycles. The van der Waals surface area contributed by atoms with Crippen molar-refractivity contribution >= 4 is 12.0 Å². The van der Waals surface area contributed by atoms with Gasteiger partial charge in [-0.25, -0.2) is 9.80 Å². The van der Waals surface area contributed by atoms with Gasteiger partial charge in [-0.15, -0.1) is 0 Å². The lowest BCUT2D eigenvalue weighted by Gasteiger charge is -2.43. The fourth-order valence-corrected chi connectivity index (χ4v) is 3.84. The molecule has 0 spiro atoms. The Balaban J connectivity index is 1.63. The quantitative estimate of drug-likeness (QED) is 0.614. The Kier molecular flexibility index (Phi) is 6.72. The molecule has 170 valence electrons. The highest BCUT2D eigenvalue weighted by Crippen LogP contribution is 2.32. The first-order chi connectivity index (χ1) is 16.0. The lowest BCUT2D eigenvalue weighted by molar-refractivity contribution is -0.174. The van der Waals surface area contributed by atoms with Gasteiger partial charge in [0, 0.05) is 7.05 Å². The van der Waals surface area contributed by atoms with E-state index < -0.39 is 30.3 Å². The van der Waals surface area contributed by atoms with E-state index in [4.69, 9.17) is 9.47 Å². The number of cyclic esters (lactones) is 1. The van der Waals surface area contributed by atoms with Crippen LogP contribution in [0.5, 0.6) is 5.75 Å². The van der Waals surface area contributed by atoms with Crippen LogP contribution in [0.4, 0.5) is 4.79 Å². The number of rotatable bonds is 6. The Morgan fingerprint density at radius 3 is 2.09 bits per heavy atom. The van der Waals surface area contributed by atoms with Crippen LogP contribution in [0.3, 0.4) is 0 Å². The molecule has 3 aromatic rings. The first kappa shape index (κ1) is 22.5. The molecular weight excluding hydrogens is 420 g/mol. The SMILES string of the molecule is C[C@H]1[C@@H](c2ccccc2)OC(=O)N(C(=O)[C@@H](Oc2ccccc2)[C@H](O)c2ccccc2)N1C. The highest BCUT2D eigenvalue weighted by molar-refractivity contribution is 5.95. The number of hydrogen-bond acceptors (Lipinski definition) is 6. The summed E-state index contributed by atoms with van der Waals surface area (Å²) in [6, 6.07) is 26.5. The van der Waals surface area contributed by atoms with Gasteiger partial charge in [-0.05, 0) is 30.2 Å². The number of aliphatic hydroxyl groups is 1. The Labute approximate surface area is 192 Å². The minimum Gasteiger partial charge on any atom is -0.477 e. The molecule has 3 aromatic carbocycles. The zero-order chi connectivity index (χ0) is 23.4. The first-order valence-electron chi connectivity index (χ1n) is 10.7. The fourth-order valence-electron chi connectivity index (χ4n) is 3.84. The lowest BCUT2D eigenvalue weighted by Crippen LogP contribution is -2.61. The second-order valence-corrected chi connectivity index (χ2v) is 7.89. The number of likely N-dealkylation sites (N-methyl/N-ethyl adjacent to an activating group) is 1. The first-order valence-corrected chi connectivity index (χ1v) is 10.7. The smallest absolute Gasteiger partial charge is 0.432 e. The average Bonchev–Trinajstić information content (AvgIpc) is 2.86. The van der Waals surface area contributed by atoms with Crippen molar-refractivity contribution in [3.05, 3.63) is 102 Å². The molecule has 1 aliphatic heterocycles. The molecule has 4 atom stereocenters. The lowest BCUT2D eigenvalue weighted by atomic mass is 10.0. The molecule has 1 N–H and O–H groups in total. The van der Waals surface area contributed by atoms with E-state index in [1.165, 1.54) is 5.01 Å². The number of benzene rings is 3. The predicted octanol–water partition coefficient (Wildman–Crippen LogP) is 4.12. The van der Waals surface area contributed by atoms with E-state index in [0.29, 0.717) is 11.3 Å². The van der Waals surface area contributed by atoms with Crippen molar-refractivity contribution in [1.82, 2.24) is 10.0 Å². The number of imide groups is 1. The Morgan fingerprint density at radius 2 is 1.48 bits per heavy atom. The summed E-state index contributed by atoms with van der Waals surface area (Å²) in [5.41, 5.74) is 1.33. The molecule has 0 unspecified atom stereocenters. The van der Waals surface area contributed by atoms with Crippen LogP contribution < -0.4 is 4.74 Å². The third kappa shape index (κ3) is 4.74. The number of para-hydroxylation sites is 1. The van der Waals surface area contributed by atoms with Gasteiger partial charge in [-0.1, -0.05) is 78.9 Å². The van der Waals surface area contributed by atoms with Gasteiger partial charge in [0.25, 0.3) is 5.91 Å². The third-order valence-electron chi connectivity index (χ3n) is 5.76. The Bertz CT molecular complexity index is 1080. The number of carbonyl (C=O) groups excluding carboxylic acids is 2. The molecule has 7 heteroatoms. The Hall–Kier alpha value is -3.68. The molecule has 1 heterocycles. The summed E-state index contributed by atoms with van der Waals surface area (Å²) in [6.45, 7) is 1.87. The zero-order valence-corrected chi connectivity index (χ0v) is 18.4. The van der Waals surface area contributed by atoms with Crippen molar-refractivity contribution < 1.29 is 24.2 Å². The number of hydrazine groups is 1. The van der Waals surface area contributed by atoms with E-state index in [0.717, 1.165) is 10.6 Å². The zero-order valence-electron chi connectivity index (χ0n) is 18.4. The van der Waals surface area contributed by atoms with E-state index in [-0.39, 0.29) is 6.04 Å². The van der Waals surface area contributed by atoms with E-state index in [9.17, 15) is 14.7 Å². The standard InChI is InChI=1S/C26H26N2O5/c1-18-23(20-14-8-4-9-15-20)33-26(31)28(27(18)2)25(30)24(32-21-16-10-5-11-17-21)22(29)19-12-6-3-7-13-19/h3-18,22-24,29H,1-2H3/t18-,22+,23-,24-/m0/s1. The number of ether oxygens (including phenoxy) is 2. The molecular formula is C26H26N2O5. The van der Waals surface area contributed by atoms with Crippen LogP contribution in [0, 0.1) is 0 Å². The topological polar surface area (TPSA) is 79.3 Å². The average molecular weight is 447 g/mol. The molecule has 1 aliphatic rings. The molecule has 1 fully saturated rings. The van der Waals surface area contributed by atoms with Crippen LogP contribution in [0.25, 0.3) is 0 Å². The largest absolute Gasteiger partial charge is 0.477 e. The van der Waals surface area contributed by atoms with Crippen molar-refractivity contribution in [1.29, 1.82) is 0 Å². The van der Waals surface area contributed by atoms with Crippen molar-refractivity contribution in [2.24, 2.45) is 0 Å². The van der Waals surface area contributed by atoms with Crippen molar-refractivity contribution in [2.45, 2.75) is 31.3 Å². The maximum Gasteiger partial charge on any atom is 0.432 e. The fraction of sp³-hybridized carbons (Fsp3) is 0.231. The number of amides is 2. The second-order valence-electron chi connectivity index (χ2n) is 7.89. The molecule has 0 saturated carbocycles. The van der Waals surface area contributed by atoms with E-state index in [1.807, 2.05) is 49.4 Å². The monoisotopic (exact) mass is 446 g/mol. The number of nitrogens with zero attached hydrogens (tertiary/aromatic N) is 2. The summed E-state index contributed by atoms with van der Waals surface area (Å²) in [6.07, 6.45) is -4.04. The van der Waals surface area contributed by atoms with E-state index in [2.05, 4.69) is 0 Å². The van der Waals surface area contributed by atoms with E-state index >= 15 is 0 Å².